The van der Waals surface area contributed by atoms with Crippen LogP contribution in [0.15, 0.2) is 24.3 Å². The van der Waals surface area contributed by atoms with Crippen LogP contribution in [0, 0.1) is 0 Å². The van der Waals surface area contributed by atoms with Crippen LogP contribution in [-0.2, 0) is 25.4 Å². The van der Waals surface area contributed by atoms with Crippen LogP contribution in [0.1, 0.15) is 5.56 Å². The summed E-state index contributed by atoms with van der Waals surface area (Å²) in [5.41, 5.74) is 0.878. The van der Waals surface area contributed by atoms with Crippen molar-refractivity contribution in [2.45, 2.75) is 61.7 Å². The van der Waals surface area contributed by atoms with Gasteiger partial charge in [0.05, 0.1) is 19.8 Å². The summed E-state index contributed by atoms with van der Waals surface area (Å²) in [6, 6.07) is 6.50. The normalized spacial score (nSPS) is 39.7. The van der Waals surface area contributed by atoms with E-state index < -0.39 is 55.3 Å². The third kappa shape index (κ3) is 5.45. The Kier molecular flexibility index (Phi) is 7.98. The van der Waals surface area contributed by atoms with E-state index in [1.54, 1.807) is 12.1 Å². The number of ether oxygens (including phenoxy) is 4. The molecule has 0 spiro atoms. The van der Waals surface area contributed by atoms with E-state index in [2.05, 4.69) is 0 Å². The van der Waals surface area contributed by atoms with Gasteiger partial charge in [0.25, 0.3) is 0 Å². The highest BCUT2D eigenvalue weighted by atomic mass is 16.7. The van der Waals surface area contributed by atoms with Crippen LogP contribution in [0.2, 0.25) is 0 Å². The summed E-state index contributed by atoms with van der Waals surface area (Å²) in [7, 11) is 0. The Morgan fingerprint density at radius 3 is 2.17 bits per heavy atom. The Bertz CT molecular complexity index is 656. The van der Waals surface area contributed by atoms with Crippen LogP contribution in [0.4, 0.5) is 0 Å². The first-order valence-electron chi connectivity index (χ1n) is 9.64. The third-order valence-corrected chi connectivity index (χ3v) is 5.16. The Hall–Kier alpha value is -1.38. The van der Waals surface area contributed by atoms with Gasteiger partial charge in [-0.25, -0.2) is 0 Å². The first-order valence-corrected chi connectivity index (χ1v) is 9.64. The average molecular weight is 432 g/mol. The number of phenolic OH excluding ortho intramolecular Hbond substituents is 1. The molecule has 3 rings (SSSR count). The second kappa shape index (κ2) is 10.3. The van der Waals surface area contributed by atoms with Gasteiger partial charge in [0, 0.05) is 0 Å². The second-order valence-corrected chi connectivity index (χ2v) is 7.39. The van der Waals surface area contributed by atoms with Crippen molar-refractivity contribution in [3.63, 3.8) is 0 Å². The number of aliphatic hydroxyl groups is 6. The molecule has 2 heterocycles. The van der Waals surface area contributed by atoms with Crippen molar-refractivity contribution in [1.29, 1.82) is 0 Å². The zero-order valence-corrected chi connectivity index (χ0v) is 16.1. The smallest absolute Gasteiger partial charge is 0.186 e. The molecule has 7 N–H and O–H groups in total. The topological polar surface area (TPSA) is 179 Å². The number of aliphatic hydroxyl groups excluding tert-OH is 6. The molecule has 2 aliphatic rings. The quantitative estimate of drug-likeness (QED) is 0.237. The highest BCUT2D eigenvalue weighted by molar-refractivity contribution is 5.25. The first kappa shape index (κ1) is 23.3. The van der Waals surface area contributed by atoms with Gasteiger partial charge in [-0.3, -0.25) is 0 Å². The van der Waals surface area contributed by atoms with E-state index in [0.717, 1.165) is 5.56 Å². The summed E-state index contributed by atoms with van der Waals surface area (Å²) in [6.07, 6.45) is -11.9. The molecule has 0 saturated carbocycles. The Balaban J connectivity index is 1.51. The highest BCUT2D eigenvalue weighted by Gasteiger charge is 2.45. The van der Waals surface area contributed by atoms with E-state index in [1.807, 2.05) is 0 Å². The lowest BCUT2D eigenvalue weighted by Crippen LogP contribution is -2.60. The summed E-state index contributed by atoms with van der Waals surface area (Å²) in [4.78, 5) is 0. The molecule has 30 heavy (non-hydrogen) atoms. The first-order chi connectivity index (χ1) is 14.3. The van der Waals surface area contributed by atoms with Crippen LogP contribution < -0.4 is 0 Å². The molecule has 170 valence electrons. The SMILES string of the molecule is Oc1ccc(CCO[C@@H]2O[C@H](CO[C@@H]3OC[C@@H](O)[C@@H](O)[C@H]3O)[C@@H](O)[C@@H](O)[C@H]2O)cc1. The van der Waals surface area contributed by atoms with Gasteiger partial charge < -0.3 is 54.7 Å². The molecule has 2 fully saturated rings. The van der Waals surface area contributed by atoms with Gasteiger partial charge in [0.1, 0.15) is 48.5 Å². The maximum atomic E-state index is 10.2. The minimum atomic E-state index is -1.56. The van der Waals surface area contributed by atoms with Crippen molar-refractivity contribution >= 4 is 0 Å². The van der Waals surface area contributed by atoms with Crippen molar-refractivity contribution in [3.05, 3.63) is 29.8 Å². The minimum absolute atomic E-state index is 0.136. The third-order valence-electron chi connectivity index (χ3n) is 5.16. The fourth-order valence-corrected chi connectivity index (χ4v) is 3.26. The predicted molar refractivity (Wildman–Crippen MR) is 98.2 cm³/mol. The Morgan fingerprint density at radius 2 is 1.47 bits per heavy atom. The van der Waals surface area contributed by atoms with Crippen LogP contribution in [-0.4, -0.2) is 111 Å². The van der Waals surface area contributed by atoms with Gasteiger partial charge in [-0.15, -0.1) is 0 Å². The summed E-state index contributed by atoms with van der Waals surface area (Å²) in [6.45, 7) is -0.452. The fourth-order valence-electron chi connectivity index (χ4n) is 3.26. The number of aromatic hydroxyl groups is 1. The maximum absolute atomic E-state index is 10.2. The van der Waals surface area contributed by atoms with Crippen molar-refractivity contribution in [2.24, 2.45) is 0 Å². The van der Waals surface area contributed by atoms with E-state index in [-0.39, 0.29) is 25.6 Å². The van der Waals surface area contributed by atoms with E-state index >= 15 is 0 Å². The molecule has 11 heteroatoms. The van der Waals surface area contributed by atoms with Crippen molar-refractivity contribution in [3.8, 4) is 5.75 Å². The number of hydrogen-bond acceptors (Lipinski definition) is 11. The van der Waals surface area contributed by atoms with Gasteiger partial charge in [-0.05, 0) is 24.1 Å². The maximum Gasteiger partial charge on any atom is 0.186 e. The zero-order chi connectivity index (χ0) is 21.8. The molecule has 0 amide bonds. The van der Waals surface area contributed by atoms with E-state index in [0.29, 0.717) is 6.42 Å². The Labute approximate surface area is 172 Å². The molecule has 1 aromatic rings. The summed E-state index contributed by atoms with van der Waals surface area (Å²) >= 11 is 0. The predicted octanol–water partition coefficient (Wildman–Crippen LogP) is -2.79. The van der Waals surface area contributed by atoms with Crippen LogP contribution in [0.3, 0.4) is 0 Å². The standard InChI is InChI=1S/C19H28O11/c20-10-3-1-9(2-4-10)5-6-27-19-17(26)15(24)14(23)12(30-19)8-29-18-16(25)13(22)11(21)7-28-18/h1-4,11-26H,5-8H2/t11-,12-,13-,14-,15-,16-,17-,18+,19-/m1/s1. The van der Waals surface area contributed by atoms with Crippen molar-refractivity contribution < 1.29 is 54.7 Å². The van der Waals surface area contributed by atoms with Crippen molar-refractivity contribution in [1.82, 2.24) is 0 Å². The van der Waals surface area contributed by atoms with Gasteiger partial charge >= 0.3 is 0 Å². The zero-order valence-electron chi connectivity index (χ0n) is 16.1. The van der Waals surface area contributed by atoms with Crippen molar-refractivity contribution in [2.75, 3.05) is 19.8 Å². The summed E-state index contributed by atoms with van der Waals surface area (Å²) in [5.74, 6) is 0.139. The summed E-state index contributed by atoms with van der Waals surface area (Å²) < 4.78 is 21.5. The van der Waals surface area contributed by atoms with Crippen LogP contribution in [0.25, 0.3) is 0 Å². The molecular weight excluding hydrogens is 404 g/mol. The van der Waals surface area contributed by atoms with E-state index in [1.165, 1.54) is 12.1 Å². The molecule has 1 aromatic carbocycles. The molecule has 0 unspecified atom stereocenters. The lowest BCUT2D eigenvalue weighted by molar-refractivity contribution is -0.320. The van der Waals surface area contributed by atoms with E-state index in [9.17, 15) is 35.7 Å². The number of rotatable bonds is 7. The van der Waals surface area contributed by atoms with E-state index in [4.69, 9.17) is 18.9 Å². The van der Waals surface area contributed by atoms with Crippen LogP contribution >= 0.6 is 0 Å². The molecule has 0 aliphatic carbocycles. The molecule has 2 saturated heterocycles. The molecule has 0 bridgehead atoms. The molecule has 9 atom stereocenters. The lowest BCUT2D eigenvalue weighted by Gasteiger charge is -2.41. The van der Waals surface area contributed by atoms with Gasteiger partial charge in [-0.1, -0.05) is 12.1 Å². The highest BCUT2D eigenvalue weighted by Crippen LogP contribution is 2.24. The molecule has 11 nitrogen and oxygen atoms in total. The molecule has 2 aliphatic heterocycles. The molecule has 0 radical (unpaired) electrons. The van der Waals surface area contributed by atoms with Gasteiger partial charge in [-0.2, -0.15) is 0 Å². The number of hydrogen-bond donors (Lipinski definition) is 7. The monoisotopic (exact) mass is 432 g/mol. The van der Waals surface area contributed by atoms with Gasteiger partial charge in [0.15, 0.2) is 12.6 Å². The number of benzene rings is 1. The number of phenols is 1. The molecule has 0 aromatic heterocycles. The average Bonchev–Trinajstić information content (AvgIpc) is 2.73. The van der Waals surface area contributed by atoms with Crippen LogP contribution in [0.5, 0.6) is 5.75 Å². The van der Waals surface area contributed by atoms with Gasteiger partial charge in [0.2, 0.25) is 0 Å². The minimum Gasteiger partial charge on any atom is -0.508 e. The fraction of sp³-hybridized carbons (Fsp3) is 0.684. The lowest BCUT2D eigenvalue weighted by atomic mass is 9.99. The molecular formula is C19H28O11. The Morgan fingerprint density at radius 1 is 0.800 bits per heavy atom. The summed E-state index contributed by atoms with van der Waals surface area (Å²) in [5, 5.41) is 68.7. The second-order valence-electron chi connectivity index (χ2n) is 7.39. The largest absolute Gasteiger partial charge is 0.508 e.